The molecule has 0 aliphatic heterocycles. The zero-order chi connectivity index (χ0) is 22.0. The number of hydrogen-bond acceptors (Lipinski definition) is 4. The molecular weight excluding hydrogens is 427 g/mol. The number of rotatable bonds is 5. The van der Waals surface area contributed by atoms with Crippen LogP contribution in [0.3, 0.4) is 0 Å². The number of carbonyl (C=O) groups excluding carboxylic acids is 1. The summed E-state index contributed by atoms with van der Waals surface area (Å²) in [6.45, 7) is 3.87. The lowest BCUT2D eigenvalue weighted by molar-refractivity contribution is 0.0600. The van der Waals surface area contributed by atoms with E-state index in [1.54, 1.807) is 36.5 Å². The van der Waals surface area contributed by atoms with Crippen molar-refractivity contribution in [2.45, 2.75) is 13.8 Å². The SMILES string of the molecule is COC(=O)c1ccc(N=Cc2cc(C)n(-c3ccc(C(=O)O)c(Cl)c3)c2C)cc1Cl. The van der Waals surface area contributed by atoms with E-state index in [2.05, 4.69) is 9.73 Å². The fourth-order valence-corrected chi connectivity index (χ4v) is 3.64. The molecule has 0 spiro atoms. The molecule has 154 valence electrons. The summed E-state index contributed by atoms with van der Waals surface area (Å²) in [6, 6.07) is 11.6. The summed E-state index contributed by atoms with van der Waals surface area (Å²) in [5, 5.41) is 9.58. The van der Waals surface area contributed by atoms with E-state index in [4.69, 9.17) is 28.3 Å². The van der Waals surface area contributed by atoms with Gasteiger partial charge in [0.1, 0.15) is 0 Å². The van der Waals surface area contributed by atoms with Gasteiger partial charge in [0.15, 0.2) is 0 Å². The molecule has 1 N–H and O–H groups in total. The monoisotopic (exact) mass is 444 g/mol. The van der Waals surface area contributed by atoms with E-state index in [0.717, 1.165) is 22.6 Å². The van der Waals surface area contributed by atoms with Crippen molar-refractivity contribution in [3.63, 3.8) is 0 Å². The third-order valence-electron chi connectivity index (χ3n) is 4.62. The quantitative estimate of drug-likeness (QED) is 0.407. The van der Waals surface area contributed by atoms with Gasteiger partial charge in [-0.15, -0.1) is 0 Å². The summed E-state index contributed by atoms with van der Waals surface area (Å²) >= 11 is 12.3. The number of carboxylic acids is 1. The molecule has 0 saturated carbocycles. The van der Waals surface area contributed by atoms with Crippen LogP contribution in [0.2, 0.25) is 10.0 Å². The first-order valence-electron chi connectivity index (χ1n) is 8.87. The maximum Gasteiger partial charge on any atom is 0.339 e. The first-order valence-corrected chi connectivity index (χ1v) is 9.62. The topological polar surface area (TPSA) is 80.9 Å². The Bertz CT molecular complexity index is 1180. The van der Waals surface area contributed by atoms with Gasteiger partial charge >= 0.3 is 11.9 Å². The molecule has 0 aliphatic carbocycles. The molecule has 0 saturated heterocycles. The van der Waals surface area contributed by atoms with Crippen molar-refractivity contribution in [1.29, 1.82) is 0 Å². The lowest BCUT2D eigenvalue weighted by Gasteiger charge is -2.11. The molecule has 0 amide bonds. The highest BCUT2D eigenvalue weighted by Gasteiger charge is 2.14. The lowest BCUT2D eigenvalue weighted by Crippen LogP contribution is -2.02. The highest BCUT2D eigenvalue weighted by molar-refractivity contribution is 6.34. The van der Waals surface area contributed by atoms with Crippen molar-refractivity contribution < 1.29 is 19.4 Å². The van der Waals surface area contributed by atoms with Crippen LogP contribution in [-0.2, 0) is 4.74 Å². The Hall–Kier alpha value is -3.09. The predicted molar refractivity (Wildman–Crippen MR) is 117 cm³/mol. The fourth-order valence-electron chi connectivity index (χ4n) is 3.14. The maximum absolute atomic E-state index is 11.6. The summed E-state index contributed by atoms with van der Waals surface area (Å²) in [5.74, 6) is -1.58. The second-order valence-corrected chi connectivity index (χ2v) is 7.36. The van der Waals surface area contributed by atoms with E-state index in [0.29, 0.717) is 5.69 Å². The number of halogens is 2. The first kappa shape index (κ1) is 21.6. The van der Waals surface area contributed by atoms with Gasteiger partial charge in [0.05, 0.1) is 34.0 Å². The summed E-state index contributed by atoms with van der Waals surface area (Å²) in [5.41, 5.74) is 4.39. The Balaban J connectivity index is 1.93. The van der Waals surface area contributed by atoms with E-state index >= 15 is 0 Å². The number of carbonyl (C=O) groups is 2. The molecule has 0 fully saturated rings. The maximum atomic E-state index is 11.6. The minimum atomic E-state index is -1.07. The van der Waals surface area contributed by atoms with Gasteiger partial charge in [-0.25, -0.2) is 9.59 Å². The molecule has 3 rings (SSSR count). The molecule has 1 aromatic heterocycles. The second kappa shape index (κ2) is 8.73. The van der Waals surface area contributed by atoms with Gasteiger partial charge in [0.25, 0.3) is 0 Å². The van der Waals surface area contributed by atoms with Crippen LogP contribution in [0.4, 0.5) is 5.69 Å². The number of nitrogens with zero attached hydrogens (tertiary/aromatic N) is 2. The molecule has 0 bridgehead atoms. The predicted octanol–water partition coefficient (Wildman–Crippen LogP) is 5.64. The lowest BCUT2D eigenvalue weighted by atomic mass is 10.2. The largest absolute Gasteiger partial charge is 0.478 e. The van der Waals surface area contributed by atoms with E-state index in [9.17, 15) is 9.59 Å². The zero-order valence-electron chi connectivity index (χ0n) is 16.4. The number of ether oxygens (including phenoxy) is 1. The summed E-state index contributed by atoms with van der Waals surface area (Å²) in [4.78, 5) is 27.3. The minimum Gasteiger partial charge on any atom is -0.478 e. The number of esters is 1. The number of hydrogen-bond donors (Lipinski definition) is 1. The fraction of sp³-hybridized carbons (Fsp3) is 0.136. The number of aliphatic imine (C=N–C) groups is 1. The van der Waals surface area contributed by atoms with E-state index < -0.39 is 11.9 Å². The van der Waals surface area contributed by atoms with Crippen LogP contribution in [0.1, 0.15) is 37.7 Å². The molecule has 0 radical (unpaired) electrons. The first-order chi connectivity index (χ1) is 14.2. The van der Waals surface area contributed by atoms with Crippen LogP contribution >= 0.6 is 23.2 Å². The Morgan fingerprint density at radius 2 is 1.70 bits per heavy atom. The number of aryl methyl sites for hydroxylation is 1. The number of benzene rings is 2. The van der Waals surface area contributed by atoms with Crippen LogP contribution < -0.4 is 0 Å². The molecule has 0 atom stereocenters. The van der Waals surface area contributed by atoms with Gasteiger partial charge in [-0.3, -0.25) is 4.99 Å². The van der Waals surface area contributed by atoms with Gasteiger partial charge in [-0.05, 0) is 56.3 Å². The molecule has 1 heterocycles. The zero-order valence-corrected chi connectivity index (χ0v) is 18.0. The van der Waals surface area contributed by atoms with E-state index in [-0.39, 0.29) is 21.2 Å². The van der Waals surface area contributed by atoms with E-state index in [1.165, 1.54) is 13.2 Å². The Morgan fingerprint density at radius 1 is 1.03 bits per heavy atom. The Labute approximate surface area is 183 Å². The van der Waals surface area contributed by atoms with Crippen molar-refractivity contribution in [3.8, 4) is 5.69 Å². The van der Waals surface area contributed by atoms with Gasteiger partial charge in [0, 0.05) is 28.9 Å². The van der Waals surface area contributed by atoms with Crippen molar-refractivity contribution >= 4 is 47.0 Å². The second-order valence-electron chi connectivity index (χ2n) is 6.55. The van der Waals surface area contributed by atoms with Crippen molar-refractivity contribution in [3.05, 3.63) is 80.6 Å². The summed E-state index contributed by atoms with van der Waals surface area (Å²) in [6.07, 6.45) is 1.70. The Kier molecular flexibility index (Phi) is 6.29. The summed E-state index contributed by atoms with van der Waals surface area (Å²) in [7, 11) is 1.29. The van der Waals surface area contributed by atoms with Gasteiger partial charge in [-0.2, -0.15) is 0 Å². The van der Waals surface area contributed by atoms with Crippen molar-refractivity contribution in [2.75, 3.05) is 7.11 Å². The molecule has 0 aliphatic rings. The third kappa shape index (κ3) is 4.25. The average molecular weight is 445 g/mol. The minimum absolute atomic E-state index is 0.0527. The number of methoxy groups -OCH3 is 1. The van der Waals surface area contributed by atoms with Gasteiger partial charge < -0.3 is 14.4 Å². The molecule has 30 heavy (non-hydrogen) atoms. The molecule has 8 heteroatoms. The van der Waals surface area contributed by atoms with Crippen LogP contribution in [0, 0.1) is 13.8 Å². The van der Waals surface area contributed by atoms with Crippen LogP contribution in [0.25, 0.3) is 5.69 Å². The Morgan fingerprint density at radius 3 is 2.30 bits per heavy atom. The highest BCUT2D eigenvalue weighted by Crippen LogP contribution is 2.26. The number of aromatic nitrogens is 1. The van der Waals surface area contributed by atoms with Gasteiger partial charge in [0.2, 0.25) is 0 Å². The van der Waals surface area contributed by atoms with E-state index in [1.807, 2.05) is 24.5 Å². The van der Waals surface area contributed by atoms with Crippen molar-refractivity contribution in [2.24, 2.45) is 4.99 Å². The number of carboxylic acid groups (broad SMARTS) is 1. The highest BCUT2D eigenvalue weighted by atomic mass is 35.5. The standard InChI is InChI=1S/C22H18Cl2N2O4/c1-12-8-14(11-25-15-4-6-18(19(23)9-15)22(29)30-3)13(2)26(12)16-5-7-17(21(27)28)20(24)10-16/h4-11H,1-3H3,(H,27,28). The third-order valence-corrected chi connectivity index (χ3v) is 5.25. The molecular formula is C22H18Cl2N2O4. The average Bonchev–Trinajstić information content (AvgIpc) is 2.98. The molecule has 6 nitrogen and oxygen atoms in total. The molecule has 0 unspecified atom stereocenters. The van der Waals surface area contributed by atoms with Gasteiger partial charge in [-0.1, -0.05) is 23.2 Å². The smallest absolute Gasteiger partial charge is 0.339 e. The normalized spacial score (nSPS) is 11.1. The van der Waals surface area contributed by atoms with Crippen molar-refractivity contribution in [1.82, 2.24) is 4.57 Å². The molecule has 3 aromatic rings. The van der Waals surface area contributed by atoms with Crippen LogP contribution in [0.15, 0.2) is 47.5 Å². The molecule has 2 aromatic carbocycles. The number of aromatic carboxylic acids is 1. The van der Waals surface area contributed by atoms with Crippen LogP contribution in [0.5, 0.6) is 0 Å². The van der Waals surface area contributed by atoms with Crippen LogP contribution in [-0.4, -0.2) is 34.9 Å². The summed E-state index contributed by atoms with van der Waals surface area (Å²) < 4.78 is 6.65.